The SMILES string of the molecule is [Si]c1ccc(-c2nn[nH]n2)cc1. The summed E-state index contributed by atoms with van der Waals surface area (Å²) in [6, 6.07) is 7.71. The molecule has 0 amide bonds. The maximum absolute atomic E-state index is 3.85. The molecule has 0 saturated carbocycles. The molecule has 4 nitrogen and oxygen atoms in total. The van der Waals surface area contributed by atoms with Crippen molar-refractivity contribution in [2.75, 3.05) is 0 Å². The minimum absolute atomic E-state index is 0.613. The van der Waals surface area contributed by atoms with Crippen LogP contribution in [-0.4, -0.2) is 30.9 Å². The number of nitrogens with one attached hydrogen (secondary N) is 1. The van der Waals surface area contributed by atoms with Crippen LogP contribution in [0.25, 0.3) is 11.4 Å². The van der Waals surface area contributed by atoms with E-state index in [0.29, 0.717) is 5.82 Å². The van der Waals surface area contributed by atoms with Crippen molar-refractivity contribution >= 4 is 15.4 Å². The highest BCUT2D eigenvalue weighted by Gasteiger charge is 1.99. The molecule has 5 heteroatoms. The highest BCUT2D eigenvalue weighted by atomic mass is 28.1. The van der Waals surface area contributed by atoms with Crippen LogP contribution < -0.4 is 5.19 Å². The number of H-pyrrole nitrogens is 1. The van der Waals surface area contributed by atoms with Gasteiger partial charge in [-0.2, -0.15) is 5.21 Å². The lowest BCUT2D eigenvalue weighted by atomic mass is 10.2. The molecular formula is C7H5N4Si. The van der Waals surface area contributed by atoms with Crippen molar-refractivity contribution in [1.29, 1.82) is 0 Å². The quantitative estimate of drug-likeness (QED) is 0.600. The summed E-state index contributed by atoms with van der Waals surface area (Å²) in [6.45, 7) is 0. The largest absolute Gasteiger partial charge is 0.204 e. The van der Waals surface area contributed by atoms with Gasteiger partial charge in [-0.15, -0.1) is 10.2 Å². The van der Waals surface area contributed by atoms with Crippen LogP contribution in [0.3, 0.4) is 0 Å². The van der Waals surface area contributed by atoms with E-state index in [1.807, 2.05) is 24.3 Å². The minimum Gasteiger partial charge on any atom is -0.177 e. The average molecular weight is 173 g/mol. The second-order valence-electron chi connectivity index (χ2n) is 2.31. The minimum atomic E-state index is 0.613. The Morgan fingerprint density at radius 2 is 1.92 bits per heavy atom. The van der Waals surface area contributed by atoms with Crippen molar-refractivity contribution in [3.05, 3.63) is 24.3 Å². The fourth-order valence-corrected chi connectivity index (χ4v) is 1.07. The Labute approximate surface area is 72.4 Å². The molecule has 0 atom stereocenters. The predicted molar refractivity (Wildman–Crippen MR) is 45.0 cm³/mol. The Morgan fingerprint density at radius 1 is 1.17 bits per heavy atom. The number of aromatic nitrogens is 4. The van der Waals surface area contributed by atoms with Gasteiger partial charge >= 0.3 is 0 Å². The van der Waals surface area contributed by atoms with E-state index >= 15 is 0 Å². The van der Waals surface area contributed by atoms with Crippen LogP contribution in [0.15, 0.2) is 24.3 Å². The van der Waals surface area contributed by atoms with E-state index in [1.54, 1.807) is 0 Å². The van der Waals surface area contributed by atoms with Gasteiger partial charge in [0.25, 0.3) is 0 Å². The predicted octanol–water partition coefficient (Wildman–Crippen LogP) is -0.340. The molecule has 0 aliphatic carbocycles. The molecule has 3 radical (unpaired) electrons. The van der Waals surface area contributed by atoms with Crippen LogP contribution in [0.2, 0.25) is 0 Å². The highest BCUT2D eigenvalue weighted by molar-refractivity contribution is 6.32. The monoisotopic (exact) mass is 173 g/mol. The molecular weight excluding hydrogens is 168 g/mol. The van der Waals surface area contributed by atoms with Crippen molar-refractivity contribution in [2.45, 2.75) is 0 Å². The summed E-state index contributed by atoms with van der Waals surface area (Å²) in [5.74, 6) is 0.613. The molecule has 1 aromatic carbocycles. The topological polar surface area (TPSA) is 54.5 Å². The number of tetrazole rings is 1. The van der Waals surface area contributed by atoms with Crippen LogP contribution in [0.4, 0.5) is 0 Å². The van der Waals surface area contributed by atoms with Crippen molar-refractivity contribution in [2.24, 2.45) is 0 Å². The fourth-order valence-electron chi connectivity index (χ4n) is 0.903. The number of nitrogens with zero attached hydrogens (tertiary/aromatic N) is 3. The lowest BCUT2D eigenvalue weighted by Gasteiger charge is -1.93. The van der Waals surface area contributed by atoms with Crippen LogP contribution in [0.5, 0.6) is 0 Å². The molecule has 2 rings (SSSR count). The number of aromatic amines is 1. The van der Waals surface area contributed by atoms with E-state index < -0.39 is 0 Å². The first-order chi connectivity index (χ1) is 5.86. The van der Waals surface area contributed by atoms with Crippen molar-refractivity contribution in [3.63, 3.8) is 0 Å². The standard InChI is InChI=1S/C7H5N4Si/c12-6-3-1-5(2-4-6)7-8-10-11-9-7/h1-4H,(H,8,9,10,11). The van der Waals surface area contributed by atoms with E-state index in [-0.39, 0.29) is 0 Å². The van der Waals surface area contributed by atoms with Crippen molar-refractivity contribution in [1.82, 2.24) is 20.6 Å². The molecule has 1 aromatic heterocycles. The molecule has 0 unspecified atom stereocenters. The van der Waals surface area contributed by atoms with Gasteiger partial charge in [-0.25, -0.2) is 0 Å². The van der Waals surface area contributed by atoms with Crippen LogP contribution in [0, 0.1) is 0 Å². The zero-order valence-corrected chi connectivity index (χ0v) is 7.15. The molecule has 0 bridgehead atoms. The van der Waals surface area contributed by atoms with Gasteiger partial charge in [-0.05, 0) is 5.21 Å². The fraction of sp³-hybridized carbons (Fsp3) is 0. The van der Waals surface area contributed by atoms with E-state index in [0.717, 1.165) is 10.8 Å². The molecule has 57 valence electrons. The summed E-state index contributed by atoms with van der Waals surface area (Å²) in [5, 5.41) is 14.6. The first-order valence-corrected chi connectivity index (χ1v) is 3.92. The van der Waals surface area contributed by atoms with E-state index in [2.05, 4.69) is 30.9 Å². The number of benzene rings is 1. The van der Waals surface area contributed by atoms with Crippen LogP contribution in [-0.2, 0) is 0 Å². The maximum atomic E-state index is 3.85. The summed E-state index contributed by atoms with van der Waals surface area (Å²) < 4.78 is 0. The summed E-state index contributed by atoms with van der Waals surface area (Å²) in [6.07, 6.45) is 0. The van der Waals surface area contributed by atoms with Gasteiger partial charge < -0.3 is 0 Å². The number of rotatable bonds is 1. The van der Waals surface area contributed by atoms with Gasteiger partial charge in [0, 0.05) is 5.56 Å². The zero-order valence-electron chi connectivity index (χ0n) is 6.15. The second-order valence-corrected chi connectivity index (χ2v) is 2.89. The van der Waals surface area contributed by atoms with Gasteiger partial charge in [0.05, 0.1) is 10.2 Å². The zero-order chi connectivity index (χ0) is 8.39. The van der Waals surface area contributed by atoms with Crippen LogP contribution >= 0.6 is 0 Å². The third-order valence-electron chi connectivity index (χ3n) is 1.49. The summed E-state index contributed by atoms with van der Waals surface area (Å²) in [7, 11) is 3.39. The van der Waals surface area contributed by atoms with Gasteiger partial charge in [0.2, 0.25) is 5.82 Å². The number of hydrogen-bond acceptors (Lipinski definition) is 3. The molecule has 0 fully saturated rings. The van der Waals surface area contributed by atoms with Crippen molar-refractivity contribution < 1.29 is 0 Å². The molecule has 0 aliphatic heterocycles. The first kappa shape index (κ1) is 7.17. The molecule has 1 N–H and O–H groups in total. The van der Waals surface area contributed by atoms with Crippen molar-refractivity contribution in [3.8, 4) is 11.4 Å². The van der Waals surface area contributed by atoms with Crippen LogP contribution in [0.1, 0.15) is 0 Å². The Kier molecular flexibility index (Phi) is 1.71. The lowest BCUT2D eigenvalue weighted by Crippen LogP contribution is -1.99. The smallest absolute Gasteiger partial charge is 0.177 e. The number of hydrogen-bond donors (Lipinski definition) is 1. The Hall–Kier alpha value is -1.49. The average Bonchev–Trinajstić information content (AvgIpc) is 2.58. The molecule has 2 aromatic rings. The van der Waals surface area contributed by atoms with Gasteiger partial charge in [0.1, 0.15) is 0 Å². The summed E-state index contributed by atoms with van der Waals surface area (Å²) >= 11 is 0. The summed E-state index contributed by atoms with van der Waals surface area (Å²) in [5.41, 5.74) is 0.950. The Bertz CT molecular complexity index is 353. The highest BCUT2D eigenvalue weighted by Crippen LogP contribution is 2.09. The van der Waals surface area contributed by atoms with Gasteiger partial charge in [-0.3, -0.25) is 0 Å². The Morgan fingerprint density at radius 3 is 2.50 bits per heavy atom. The molecule has 0 spiro atoms. The molecule has 12 heavy (non-hydrogen) atoms. The molecule has 0 aliphatic rings. The van der Waals surface area contributed by atoms with Gasteiger partial charge in [0.15, 0.2) is 0 Å². The lowest BCUT2D eigenvalue weighted by molar-refractivity contribution is 0.881. The second kappa shape index (κ2) is 2.86. The third kappa shape index (κ3) is 1.26. The molecule has 0 saturated heterocycles. The van der Waals surface area contributed by atoms with E-state index in [1.165, 1.54) is 0 Å². The maximum Gasteiger partial charge on any atom is 0.204 e. The van der Waals surface area contributed by atoms with E-state index in [4.69, 9.17) is 0 Å². The normalized spacial score (nSPS) is 10.1. The summed E-state index contributed by atoms with van der Waals surface area (Å²) in [4.78, 5) is 0. The Balaban J connectivity index is 2.43. The third-order valence-corrected chi connectivity index (χ3v) is 1.82. The van der Waals surface area contributed by atoms with E-state index in [9.17, 15) is 0 Å². The van der Waals surface area contributed by atoms with Gasteiger partial charge in [-0.1, -0.05) is 29.5 Å². The first-order valence-electron chi connectivity index (χ1n) is 3.42. The molecule has 1 heterocycles.